The molecule has 0 N–H and O–H groups in total. The summed E-state index contributed by atoms with van der Waals surface area (Å²) in [6.45, 7) is 9.52. The number of hydrogen-bond donors (Lipinski definition) is 0. The Morgan fingerprint density at radius 2 is 1.19 bits per heavy atom. The molecule has 0 fully saturated rings. The zero-order valence-electron chi connectivity index (χ0n) is 16.7. The van der Waals surface area contributed by atoms with Crippen LogP contribution in [0, 0.1) is 5.92 Å². The highest BCUT2D eigenvalue weighted by molar-refractivity contribution is 9.10. The van der Waals surface area contributed by atoms with Gasteiger partial charge in [0.1, 0.15) is 0 Å². The van der Waals surface area contributed by atoms with E-state index < -0.39 is 0 Å². The van der Waals surface area contributed by atoms with E-state index in [1.807, 2.05) is 0 Å². The van der Waals surface area contributed by atoms with Crippen LogP contribution in [0.4, 0.5) is 0 Å². The molecular weight excluding hydrogens is 392 g/mol. The second-order valence-corrected chi connectivity index (χ2v) is 8.12. The van der Waals surface area contributed by atoms with Crippen LogP contribution in [0.1, 0.15) is 64.4 Å². The molecule has 0 atom stereocenters. The average molecular weight is 429 g/mol. The molecule has 0 radical (unpaired) electrons. The predicted octanol–water partition coefficient (Wildman–Crippen LogP) is 6.39. The monoisotopic (exact) mass is 428 g/mol. The lowest BCUT2D eigenvalue weighted by molar-refractivity contribution is 0.0951. The molecule has 1 aromatic carbocycles. The highest BCUT2D eigenvalue weighted by Gasteiger charge is 1.96. The molecule has 0 aliphatic carbocycles. The maximum atomic E-state index is 5.71. The van der Waals surface area contributed by atoms with Crippen molar-refractivity contribution in [1.29, 1.82) is 0 Å². The summed E-state index contributed by atoms with van der Waals surface area (Å²) in [7, 11) is 0. The maximum absolute atomic E-state index is 5.71. The van der Waals surface area contributed by atoms with Gasteiger partial charge in [-0.2, -0.15) is 0 Å². The summed E-state index contributed by atoms with van der Waals surface area (Å²) in [5, 5.41) is 0. The van der Waals surface area contributed by atoms with E-state index in [1.165, 1.54) is 18.4 Å². The predicted molar refractivity (Wildman–Crippen MR) is 113 cm³/mol. The Bertz CT molecular complexity index is 420. The Balaban J connectivity index is 1.74. The number of unbranched alkanes of at least 4 members (excludes halogenated alkanes) is 4. The van der Waals surface area contributed by atoms with Gasteiger partial charge in [0.05, 0.1) is 6.61 Å². The van der Waals surface area contributed by atoms with E-state index in [1.54, 1.807) is 0 Å². The minimum atomic E-state index is 0.706. The number of hydrogen-bond acceptors (Lipinski definition) is 3. The lowest BCUT2D eigenvalue weighted by atomic mass is 10.1. The summed E-state index contributed by atoms with van der Waals surface area (Å²) in [5.41, 5.74) is 1.23. The van der Waals surface area contributed by atoms with Crippen LogP contribution in [0.25, 0.3) is 0 Å². The smallest absolute Gasteiger partial charge is 0.0716 e. The Morgan fingerprint density at radius 3 is 1.77 bits per heavy atom. The lowest BCUT2D eigenvalue weighted by Gasteiger charge is -2.07. The van der Waals surface area contributed by atoms with Crippen molar-refractivity contribution in [2.45, 2.75) is 65.4 Å². The average Bonchev–Trinajstić information content (AvgIpc) is 2.62. The zero-order chi connectivity index (χ0) is 18.9. The Hall–Kier alpha value is -0.420. The molecular formula is C22H37BrO3. The molecule has 0 spiro atoms. The molecule has 26 heavy (non-hydrogen) atoms. The molecule has 0 bridgehead atoms. The summed E-state index contributed by atoms with van der Waals surface area (Å²) in [6, 6.07) is 8.30. The van der Waals surface area contributed by atoms with E-state index in [-0.39, 0.29) is 0 Å². The molecule has 0 saturated carbocycles. The summed E-state index contributed by atoms with van der Waals surface area (Å²) >= 11 is 3.44. The largest absolute Gasteiger partial charge is 0.381 e. The Kier molecular flexibility index (Phi) is 15.2. The number of ether oxygens (including phenoxy) is 3. The van der Waals surface area contributed by atoms with Crippen molar-refractivity contribution < 1.29 is 14.2 Å². The first-order chi connectivity index (χ1) is 12.7. The molecule has 1 aromatic rings. The van der Waals surface area contributed by atoms with Crippen molar-refractivity contribution in [3.63, 3.8) is 0 Å². The van der Waals surface area contributed by atoms with Gasteiger partial charge in [0.15, 0.2) is 0 Å². The van der Waals surface area contributed by atoms with E-state index in [4.69, 9.17) is 14.2 Å². The molecule has 150 valence electrons. The molecule has 0 amide bonds. The molecule has 0 aliphatic rings. The molecule has 0 heterocycles. The number of halogens is 1. The molecule has 0 aromatic heterocycles. The van der Waals surface area contributed by atoms with Crippen molar-refractivity contribution in [3.05, 3.63) is 34.3 Å². The minimum absolute atomic E-state index is 0.706. The fourth-order valence-corrected chi connectivity index (χ4v) is 2.73. The summed E-state index contributed by atoms with van der Waals surface area (Å²) in [6.07, 6.45) is 8.08. The van der Waals surface area contributed by atoms with Crippen LogP contribution in [0.15, 0.2) is 28.7 Å². The summed E-state index contributed by atoms with van der Waals surface area (Å²) in [4.78, 5) is 0. The van der Waals surface area contributed by atoms with E-state index >= 15 is 0 Å². The van der Waals surface area contributed by atoms with E-state index in [0.717, 1.165) is 75.5 Å². The van der Waals surface area contributed by atoms with E-state index in [0.29, 0.717) is 6.61 Å². The van der Waals surface area contributed by atoms with Gasteiger partial charge in [0, 0.05) is 37.5 Å². The molecule has 4 heteroatoms. The third-order valence-corrected chi connectivity index (χ3v) is 4.70. The first-order valence-electron chi connectivity index (χ1n) is 10.2. The molecule has 3 nitrogen and oxygen atoms in total. The molecule has 0 aliphatic heterocycles. The summed E-state index contributed by atoms with van der Waals surface area (Å²) < 4.78 is 18.1. The van der Waals surface area contributed by atoms with Crippen molar-refractivity contribution in [1.82, 2.24) is 0 Å². The van der Waals surface area contributed by atoms with Crippen LogP contribution < -0.4 is 0 Å². The van der Waals surface area contributed by atoms with Gasteiger partial charge < -0.3 is 14.2 Å². The minimum Gasteiger partial charge on any atom is -0.381 e. The molecule has 1 rings (SSSR count). The van der Waals surface area contributed by atoms with Crippen LogP contribution in [0.2, 0.25) is 0 Å². The second-order valence-electron chi connectivity index (χ2n) is 7.21. The molecule has 0 unspecified atom stereocenters. The van der Waals surface area contributed by atoms with Gasteiger partial charge in [-0.05, 0) is 55.7 Å². The lowest BCUT2D eigenvalue weighted by Crippen LogP contribution is -2.03. The normalized spacial score (nSPS) is 11.4. The Labute approximate surface area is 168 Å². The van der Waals surface area contributed by atoms with Gasteiger partial charge in [0.2, 0.25) is 0 Å². The van der Waals surface area contributed by atoms with Crippen LogP contribution >= 0.6 is 15.9 Å². The SMILES string of the molecule is CC(C)CCOCCCCOCCCCCCOCc1ccc(Br)cc1. The molecule has 0 saturated heterocycles. The fraction of sp³-hybridized carbons (Fsp3) is 0.727. The van der Waals surface area contributed by atoms with Crippen molar-refractivity contribution in [2.24, 2.45) is 5.92 Å². The fourth-order valence-electron chi connectivity index (χ4n) is 2.46. The zero-order valence-corrected chi connectivity index (χ0v) is 18.3. The topological polar surface area (TPSA) is 27.7 Å². The summed E-state index contributed by atoms with van der Waals surface area (Å²) in [5.74, 6) is 0.733. The van der Waals surface area contributed by atoms with Crippen molar-refractivity contribution in [2.75, 3.05) is 33.0 Å². The first-order valence-corrected chi connectivity index (χ1v) is 11.0. The van der Waals surface area contributed by atoms with Crippen LogP contribution in [-0.2, 0) is 20.8 Å². The van der Waals surface area contributed by atoms with Crippen LogP contribution in [0.3, 0.4) is 0 Å². The van der Waals surface area contributed by atoms with Crippen LogP contribution in [-0.4, -0.2) is 33.0 Å². The standard InChI is InChI=1S/C22H37BrO3/c1-20(2)13-18-25-16-8-7-15-24-14-5-3-4-6-17-26-19-21-9-11-22(23)12-10-21/h9-12,20H,3-8,13-19H2,1-2H3. The van der Waals surface area contributed by atoms with Gasteiger partial charge in [-0.1, -0.05) is 54.8 Å². The van der Waals surface area contributed by atoms with Crippen molar-refractivity contribution >= 4 is 15.9 Å². The van der Waals surface area contributed by atoms with E-state index in [9.17, 15) is 0 Å². The third kappa shape index (κ3) is 14.7. The number of benzene rings is 1. The quantitative estimate of drug-likeness (QED) is 0.269. The highest BCUT2D eigenvalue weighted by Crippen LogP contribution is 2.11. The highest BCUT2D eigenvalue weighted by atomic mass is 79.9. The van der Waals surface area contributed by atoms with Gasteiger partial charge >= 0.3 is 0 Å². The Morgan fingerprint density at radius 1 is 0.692 bits per heavy atom. The van der Waals surface area contributed by atoms with Crippen molar-refractivity contribution in [3.8, 4) is 0 Å². The van der Waals surface area contributed by atoms with Crippen LogP contribution in [0.5, 0.6) is 0 Å². The van der Waals surface area contributed by atoms with E-state index in [2.05, 4.69) is 54.0 Å². The maximum Gasteiger partial charge on any atom is 0.0716 e. The van der Waals surface area contributed by atoms with Gasteiger partial charge in [-0.15, -0.1) is 0 Å². The second kappa shape index (κ2) is 16.7. The van der Waals surface area contributed by atoms with Gasteiger partial charge in [-0.25, -0.2) is 0 Å². The number of rotatable bonds is 17. The first kappa shape index (κ1) is 23.6. The van der Waals surface area contributed by atoms with Gasteiger partial charge in [-0.3, -0.25) is 0 Å². The third-order valence-electron chi connectivity index (χ3n) is 4.18. The van der Waals surface area contributed by atoms with Gasteiger partial charge in [0.25, 0.3) is 0 Å².